The normalized spacial score (nSPS) is 33.6. The Kier molecular flexibility index (Phi) is 6.02. The first-order valence-corrected chi connectivity index (χ1v) is 9.38. The number of hydrogen-bond donors (Lipinski definition) is 1. The zero-order valence-electron chi connectivity index (χ0n) is 13.0. The number of ether oxygens (including phenoxy) is 3. The van der Waals surface area contributed by atoms with Crippen molar-refractivity contribution in [2.75, 3.05) is 32.6 Å². The lowest BCUT2D eigenvalue weighted by atomic mass is 9.86. The third kappa shape index (κ3) is 5.17. The van der Waals surface area contributed by atoms with Crippen molar-refractivity contribution in [2.45, 2.75) is 50.9 Å². The Bertz CT molecular complexity index is 417. The van der Waals surface area contributed by atoms with Gasteiger partial charge in [0.1, 0.15) is 0 Å². The highest BCUT2D eigenvalue weighted by molar-refractivity contribution is 7.89. The molecule has 1 spiro atoms. The van der Waals surface area contributed by atoms with Crippen molar-refractivity contribution in [2.24, 2.45) is 5.92 Å². The Morgan fingerprint density at radius 1 is 1.33 bits per heavy atom. The van der Waals surface area contributed by atoms with Gasteiger partial charge in [0.2, 0.25) is 10.0 Å². The number of hydrogen-bond acceptors (Lipinski definition) is 5. The van der Waals surface area contributed by atoms with Crippen LogP contribution in [0, 0.1) is 5.92 Å². The lowest BCUT2D eigenvalue weighted by molar-refractivity contribution is -0.191. The number of sulfonamides is 1. The molecule has 1 atom stereocenters. The summed E-state index contributed by atoms with van der Waals surface area (Å²) in [5.74, 6) is 0.344. The molecule has 1 saturated carbocycles. The van der Waals surface area contributed by atoms with E-state index in [0.29, 0.717) is 19.6 Å². The third-order valence-electron chi connectivity index (χ3n) is 4.24. The summed E-state index contributed by atoms with van der Waals surface area (Å²) >= 11 is 0. The summed E-state index contributed by atoms with van der Waals surface area (Å²) in [5, 5.41) is 0. The van der Waals surface area contributed by atoms with Gasteiger partial charge in [0.15, 0.2) is 5.79 Å². The maximum Gasteiger partial charge on any atom is 0.211 e. The van der Waals surface area contributed by atoms with E-state index >= 15 is 0 Å². The Hall–Kier alpha value is -0.210. The van der Waals surface area contributed by atoms with E-state index in [1.165, 1.54) is 0 Å². The van der Waals surface area contributed by atoms with Crippen molar-refractivity contribution in [3.8, 4) is 0 Å². The smallest absolute Gasteiger partial charge is 0.211 e. The van der Waals surface area contributed by atoms with E-state index < -0.39 is 15.8 Å². The molecule has 21 heavy (non-hydrogen) atoms. The van der Waals surface area contributed by atoms with Crippen LogP contribution in [0.5, 0.6) is 0 Å². The van der Waals surface area contributed by atoms with E-state index in [2.05, 4.69) is 11.6 Å². The molecular formula is C14H27NO5S. The molecule has 2 aliphatic rings. The van der Waals surface area contributed by atoms with Gasteiger partial charge in [-0.15, -0.1) is 0 Å². The molecule has 2 rings (SSSR count). The van der Waals surface area contributed by atoms with Crippen LogP contribution in [0.15, 0.2) is 0 Å². The van der Waals surface area contributed by atoms with E-state index in [-0.39, 0.29) is 18.4 Å². The van der Waals surface area contributed by atoms with Gasteiger partial charge >= 0.3 is 0 Å². The molecular weight excluding hydrogens is 294 g/mol. The first kappa shape index (κ1) is 17.1. The van der Waals surface area contributed by atoms with Gasteiger partial charge in [-0.2, -0.15) is 0 Å². The second-order valence-electron chi connectivity index (χ2n) is 6.16. The van der Waals surface area contributed by atoms with Crippen LogP contribution in [0.4, 0.5) is 0 Å². The van der Waals surface area contributed by atoms with Gasteiger partial charge in [0, 0.05) is 33.1 Å². The Labute approximate surface area is 127 Å². The van der Waals surface area contributed by atoms with Crippen LogP contribution in [-0.4, -0.2) is 52.9 Å². The Balaban J connectivity index is 1.73. The quantitative estimate of drug-likeness (QED) is 0.715. The number of nitrogens with one attached hydrogen (secondary N) is 1. The molecule has 0 unspecified atom stereocenters. The summed E-state index contributed by atoms with van der Waals surface area (Å²) in [7, 11) is -1.69. The van der Waals surface area contributed by atoms with Gasteiger partial charge in [-0.25, -0.2) is 13.1 Å². The van der Waals surface area contributed by atoms with Crippen LogP contribution in [-0.2, 0) is 24.2 Å². The minimum atomic E-state index is -3.26. The molecule has 0 aromatic rings. The monoisotopic (exact) mass is 321 g/mol. The molecule has 0 amide bonds. The summed E-state index contributed by atoms with van der Waals surface area (Å²) in [5.41, 5.74) is 0. The van der Waals surface area contributed by atoms with Crippen molar-refractivity contribution in [3.63, 3.8) is 0 Å². The summed E-state index contributed by atoms with van der Waals surface area (Å²) in [6, 6.07) is 0. The van der Waals surface area contributed by atoms with Gasteiger partial charge < -0.3 is 14.2 Å². The molecule has 0 radical (unpaired) electrons. The SMILES string of the molecule is COCCCS(=O)(=O)NC[C@@H]1COC2(CCC(C)CC2)O1. The van der Waals surface area contributed by atoms with Gasteiger partial charge in [-0.3, -0.25) is 0 Å². The fourth-order valence-electron chi connectivity index (χ4n) is 2.87. The van der Waals surface area contributed by atoms with E-state index in [4.69, 9.17) is 14.2 Å². The van der Waals surface area contributed by atoms with Gasteiger partial charge in [0.05, 0.1) is 18.5 Å². The van der Waals surface area contributed by atoms with Crippen molar-refractivity contribution in [1.29, 1.82) is 0 Å². The van der Waals surface area contributed by atoms with Crippen molar-refractivity contribution < 1.29 is 22.6 Å². The van der Waals surface area contributed by atoms with Crippen molar-refractivity contribution >= 4 is 10.0 Å². The first-order chi connectivity index (χ1) is 9.95. The summed E-state index contributed by atoms with van der Waals surface area (Å²) in [6.07, 6.45) is 4.34. The van der Waals surface area contributed by atoms with E-state index in [0.717, 1.165) is 31.6 Å². The van der Waals surface area contributed by atoms with Crippen LogP contribution in [0.1, 0.15) is 39.0 Å². The first-order valence-electron chi connectivity index (χ1n) is 7.73. The molecule has 1 N–H and O–H groups in total. The molecule has 0 aromatic carbocycles. The zero-order chi connectivity index (χ0) is 15.3. The molecule has 0 aromatic heterocycles. The van der Waals surface area contributed by atoms with Crippen molar-refractivity contribution in [3.05, 3.63) is 0 Å². The standard InChI is InChI=1S/C14H27NO5S/c1-12-4-6-14(7-5-12)19-11-13(20-14)10-15-21(16,17)9-3-8-18-2/h12-13,15H,3-11H2,1-2H3/t12?,13-,14?/m1/s1. The number of rotatable bonds is 7. The zero-order valence-corrected chi connectivity index (χ0v) is 13.8. The molecule has 1 aliphatic carbocycles. The van der Waals surface area contributed by atoms with Crippen molar-refractivity contribution in [1.82, 2.24) is 4.72 Å². The van der Waals surface area contributed by atoms with Gasteiger partial charge in [-0.1, -0.05) is 6.92 Å². The molecule has 0 bridgehead atoms. The predicted octanol–water partition coefficient (Wildman–Crippen LogP) is 1.26. The largest absolute Gasteiger partial charge is 0.385 e. The van der Waals surface area contributed by atoms with Crippen LogP contribution in [0.25, 0.3) is 0 Å². The average molecular weight is 321 g/mol. The Morgan fingerprint density at radius 2 is 2.05 bits per heavy atom. The average Bonchev–Trinajstić information content (AvgIpc) is 2.84. The van der Waals surface area contributed by atoms with Crippen LogP contribution < -0.4 is 4.72 Å². The van der Waals surface area contributed by atoms with Crippen LogP contribution in [0.2, 0.25) is 0 Å². The molecule has 6 nitrogen and oxygen atoms in total. The second kappa shape index (κ2) is 7.37. The molecule has 7 heteroatoms. The summed E-state index contributed by atoms with van der Waals surface area (Å²) in [4.78, 5) is 0. The topological polar surface area (TPSA) is 73.9 Å². The fraction of sp³-hybridized carbons (Fsp3) is 1.00. The van der Waals surface area contributed by atoms with E-state index in [1.54, 1.807) is 7.11 Å². The molecule has 1 heterocycles. The third-order valence-corrected chi connectivity index (χ3v) is 5.67. The highest BCUT2D eigenvalue weighted by Gasteiger charge is 2.43. The van der Waals surface area contributed by atoms with Gasteiger partial charge in [-0.05, 0) is 25.2 Å². The lowest BCUT2D eigenvalue weighted by Gasteiger charge is -2.34. The molecule has 2 fully saturated rings. The summed E-state index contributed by atoms with van der Waals surface area (Å²) < 4.78 is 42.9. The lowest BCUT2D eigenvalue weighted by Crippen LogP contribution is -2.38. The minimum absolute atomic E-state index is 0.0804. The minimum Gasteiger partial charge on any atom is -0.385 e. The highest BCUT2D eigenvalue weighted by Crippen LogP contribution is 2.39. The van der Waals surface area contributed by atoms with E-state index in [1.807, 2.05) is 0 Å². The Morgan fingerprint density at radius 3 is 2.71 bits per heavy atom. The van der Waals surface area contributed by atoms with Gasteiger partial charge in [0.25, 0.3) is 0 Å². The van der Waals surface area contributed by atoms with Crippen LogP contribution in [0.3, 0.4) is 0 Å². The highest BCUT2D eigenvalue weighted by atomic mass is 32.2. The maximum absolute atomic E-state index is 11.8. The molecule has 1 aliphatic heterocycles. The van der Waals surface area contributed by atoms with E-state index in [9.17, 15) is 8.42 Å². The maximum atomic E-state index is 11.8. The number of methoxy groups -OCH3 is 1. The molecule has 124 valence electrons. The molecule has 1 saturated heterocycles. The summed E-state index contributed by atoms with van der Waals surface area (Å²) in [6.45, 7) is 3.44. The second-order valence-corrected chi connectivity index (χ2v) is 8.08. The van der Waals surface area contributed by atoms with Crippen LogP contribution >= 0.6 is 0 Å². The predicted molar refractivity (Wildman–Crippen MR) is 79.5 cm³/mol. The fourth-order valence-corrected chi connectivity index (χ4v) is 3.95.